The van der Waals surface area contributed by atoms with Crippen LogP contribution >= 0.6 is 0 Å². The van der Waals surface area contributed by atoms with Crippen LogP contribution in [0.3, 0.4) is 0 Å². The molecular weight excluding hydrogens is 248 g/mol. The van der Waals surface area contributed by atoms with Gasteiger partial charge in [0, 0.05) is 19.0 Å². The third-order valence-corrected chi connectivity index (χ3v) is 5.73. The third kappa shape index (κ3) is 3.36. The Morgan fingerprint density at radius 3 is 2.65 bits per heavy atom. The lowest BCUT2D eigenvalue weighted by atomic mass is 9.93. The molecule has 1 aliphatic carbocycles. The first kappa shape index (κ1) is 14.4. The molecule has 2 atom stereocenters. The van der Waals surface area contributed by atoms with Gasteiger partial charge in [-0.05, 0) is 69.9 Å². The zero-order chi connectivity index (χ0) is 13.8. The molecule has 0 aromatic carbocycles. The molecule has 2 heterocycles. The lowest BCUT2D eigenvalue weighted by Crippen LogP contribution is -2.40. The summed E-state index contributed by atoms with van der Waals surface area (Å²) in [6, 6.07) is 0.592. The van der Waals surface area contributed by atoms with E-state index in [1.165, 1.54) is 57.9 Å². The highest BCUT2D eigenvalue weighted by Gasteiger charge is 2.35. The Kier molecular flexibility index (Phi) is 4.98. The summed E-state index contributed by atoms with van der Waals surface area (Å²) in [5, 5.41) is 3.46. The summed E-state index contributed by atoms with van der Waals surface area (Å²) in [4.78, 5) is 14.8. The van der Waals surface area contributed by atoms with Crippen LogP contribution in [-0.2, 0) is 4.79 Å². The zero-order valence-corrected chi connectivity index (χ0v) is 12.8. The molecule has 2 aliphatic heterocycles. The first-order valence-corrected chi connectivity index (χ1v) is 8.85. The summed E-state index contributed by atoms with van der Waals surface area (Å²) in [5.74, 6) is 2.00. The summed E-state index contributed by atoms with van der Waals surface area (Å²) < 4.78 is 0. The number of carbonyl (C=O) groups excluding carboxylic acids is 1. The van der Waals surface area contributed by atoms with Crippen molar-refractivity contribution in [3.8, 4) is 0 Å². The lowest BCUT2D eigenvalue weighted by molar-refractivity contribution is -0.133. The quantitative estimate of drug-likeness (QED) is 0.857. The Morgan fingerprint density at radius 2 is 1.90 bits per heavy atom. The molecule has 2 unspecified atom stereocenters. The highest BCUT2D eigenvalue weighted by Crippen LogP contribution is 2.35. The van der Waals surface area contributed by atoms with Crippen molar-refractivity contribution in [1.29, 1.82) is 0 Å². The fourth-order valence-corrected chi connectivity index (χ4v) is 4.58. The predicted octanol–water partition coefficient (Wildman–Crippen LogP) is 2.95. The molecule has 3 aliphatic rings. The Hall–Kier alpha value is -0.570. The largest absolute Gasteiger partial charge is 0.339 e. The first-order valence-electron chi connectivity index (χ1n) is 8.85. The monoisotopic (exact) mass is 278 g/mol. The van der Waals surface area contributed by atoms with E-state index in [1.807, 2.05) is 0 Å². The summed E-state index contributed by atoms with van der Waals surface area (Å²) in [7, 11) is 0. The predicted molar refractivity (Wildman–Crippen MR) is 81.5 cm³/mol. The Labute approximate surface area is 123 Å². The van der Waals surface area contributed by atoms with Crippen LogP contribution in [0.2, 0.25) is 0 Å². The van der Waals surface area contributed by atoms with Gasteiger partial charge in [0.15, 0.2) is 0 Å². The Morgan fingerprint density at radius 1 is 1.05 bits per heavy atom. The number of hydrogen-bond acceptors (Lipinski definition) is 2. The Bertz CT molecular complexity index is 319. The molecule has 0 radical (unpaired) electrons. The SMILES string of the molecule is O=C(CCC1CCCNC1)N1CCCC1C1CCCC1. The minimum Gasteiger partial charge on any atom is -0.339 e. The molecule has 0 aromatic heterocycles. The second-order valence-corrected chi connectivity index (χ2v) is 7.09. The van der Waals surface area contributed by atoms with Crippen LogP contribution in [0.4, 0.5) is 0 Å². The molecular formula is C17H30N2O. The normalized spacial score (nSPS) is 31.9. The standard InChI is InChI=1S/C17H30N2O/c20-17(10-9-14-5-3-11-18-13-14)19-12-4-8-16(19)15-6-1-2-7-15/h14-16,18H,1-13H2. The number of likely N-dealkylation sites (tertiary alicyclic amines) is 1. The van der Waals surface area contributed by atoms with Crippen molar-refractivity contribution in [3.05, 3.63) is 0 Å². The molecule has 114 valence electrons. The lowest BCUT2D eigenvalue weighted by Gasteiger charge is -2.30. The van der Waals surface area contributed by atoms with Gasteiger partial charge in [0.05, 0.1) is 0 Å². The highest BCUT2D eigenvalue weighted by molar-refractivity contribution is 5.76. The molecule has 1 amide bonds. The van der Waals surface area contributed by atoms with E-state index in [0.29, 0.717) is 11.9 Å². The van der Waals surface area contributed by atoms with Crippen molar-refractivity contribution in [2.45, 2.75) is 70.3 Å². The number of piperidine rings is 1. The smallest absolute Gasteiger partial charge is 0.222 e. The van der Waals surface area contributed by atoms with Crippen LogP contribution in [0.25, 0.3) is 0 Å². The van der Waals surface area contributed by atoms with Gasteiger partial charge in [-0.3, -0.25) is 4.79 Å². The van der Waals surface area contributed by atoms with Crippen LogP contribution < -0.4 is 5.32 Å². The highest BCUT2D eigenvalue weighted by atomic mass is 16.2. The summed E-state index contributed by atoms with van der Waals surface area (Å²) >= 11 is 0. The van der Waals surface area contributed by atoms with Crippen LogP contribution in [0.5, 0.6) is 0 Å². The number of nitrogens with zero attached hydrogens (tertiary/aromatic N) is 1. The van der Waals surface area contributed by atoms with Gasteiger partial charge in [-0.1, -0.05) is 12.8 Å². The minimum absolute atomic E-state index is 0.449. The third-order valence-electron chi connectivity index (χ3n) is 5.73. The Balaban J connectivity index is 1.47. The second kappa shape index (κ2) is 6.93. The molecule has 3 heteroatoms. The van der Waals surface area contributed by atoms with Crippen molar-refractivity contribution < 1.29 is 4.79 Å². The van der Waals surface area contributed by atoms with Crippen molar-refractivity contribution in [2.24, 2.45) is 11.8 Å². The maximum atomic E-state index is 12.6. The molecule has 3 fully saturated rings. The van der Waals surface area contributed by atoms with Crippen molar-refractivity contribution in [2.75, 3.05) is 19.6 Å². The molecule has 3 rings (SSSR count). The van der Waals surface area contributed by atoms with Gasteiger partial charge in [0.25, 0.3) is 0 Å². The molecule has 0 bridgehead atoms. The zero-order valence-electron chi connectivity index (χ0n) is 12.8. The van der Waals surface area contributed by atoms with E-state index in [1.54, 1.807) is 0 Å². The summed E-state index contributed by atoms with van der Waals surface area (Å²) in [6.07, 6.45) is 12.5. The van der Waals surface area contributed by atoms with Crippen LogP contribution in [0.15, 0.2) is 0 Å². The average molecular weight is 278 g/mol. The van der Waals surface area contributed by atoms with E-state index in [2.05, 4.69) is 10.2 Å². The van der Waals surface area contributed by atoms with E-state index >= 15 is 0 Å². The van der Waals surface area contributed by atoms with Crippen LogP contribution in [-0.4, -0.2) is 36.5 Å². The van der Waals surface area contributed by atoms with E-state index in [9.17, 15) is 4.79 Å². The summed E-state index contributed by atoms with van der Waals surface area (Å²) in [5.41, 5.74) is 0. The van der Waals surface area contributed by atoms with E-state index in [-0.39, 0.29) is 0 Å². The van der Waals surface area contributed by atoms with Gasteiger partial charge >= 0.3 is 0 Å². The fourth-order valence-electron chi connectivity index (χ4n) is 4.58. The number of carbonyl (C=O) groups is 1. The molecule has 0 spiro atoms. The minimum atomic E-state index is 0.449. The van der Waals surface area contributed by atoms with E-state index in [0.717, 1.165) is 37.8 Å². The molecule has 0 aromatic rings. The number of hydrogen-bond donors (Lipinski definition) is 1. The van der Waals surface area contributed by atoms with Crippen molar-refractivity contribution in [1.82, 2.24) is 10.2 Å². The molecule has 1 N–H and O–H groups in total. The number of rotatable bonds is 4. The van der Waals surface area contributed by atoms with Crippen LogP contribution in [0.1, 0.15) is 64.2 Å². The summed E-state index contributed by atoms with van der Waals surface area (Å²) in [6.45, 7) is 3.32. The molecule has 1 saturated carbocycles. The molecule has 2 saturated heterocycles. The van der Waals surface area contributed by atoms with Crippen molar-refractivity contribution >= 4 is 5.91 Å². The van der Waals surface area contributed by atoms with Gasteiger partial charge in [0.2, 0.25) is 5.91 Å². The number of amides is 1. The van der Waals surface area contributed by atoms with Gasteiger partial charge in [-0.2, -0.15) is 0 Å². The first-order chi connectivity index (χ1) is 9.84. The van der Waals surface area contributed by atoms with Gasteiger partial charge in [-0.15, -0.1) is 0 Å². The van der Waals surface area contributed by atoms with Gasteiger partial charge < -0.3 is 10.2 Å². The van der Waals surface area contributed by atoms with Gasteiger partial charge in [-0.25, -0.2) is 0 Å². The van der Waals surface area contributed by atoms with Crippen LogP contribution in [0, 0.1) is 11.8 Å². The molecule has 20 heavy (non-hydrogen) atoms. The van der Waals surface area contributed by atoms with E-state index < -0.39 is 0 Å². The van der Waals surface area contributed by atoms with Crippen molar-refractivity contribution in [3.63, 3.8) is 0 Å². The average Bonchev–Trinajstić information content (AvgIpc) is 3.15. The number of nitrogens with one attached hydrogen (secondary N) is 1. The van der Waals surface area contributed by atoms with Gasteiger partial charge in [0.1, 0.15) is 0 Å². The fraction of sp³-hybridized carbons (Fsp3) is 0.941. The topological polar surface area (TPSA) is 32.3 Å². The maximum absolute atomic E-state index is 12.6. The second-order valence-electron chi connectivity index (χ2n) is 7.09. The van der Waals surface area contributed by atoms with E-state index in [4.69, 9.17) is 0 Å². The maximum Gasteiger partial charge on any atom is 0.222 e. The molecule has 3 nitrogen and oxygen atoms in total.